The zero-order valence-corrected chi connectivity index (χ0v) is 18.3. The maximum Gasteiger partial charge on any atom is 0.271 e. The van der Waals surface area contributed by atoms with Crippen LogP contribution in [0, 0.1) is 6.92 Å². The van der Waals surface area contributed by atoms with Crippen LogP contribution < -0.4 is 15.2 Å². The molecule has 2 aliphatic rings. The minimum absolute atomic E-state index is 0.0808. The average Bonchev–Trinajstić information content (AvgIpc) is 3.17. The smallest absolute Gasteiger partial charge is 0.271 e. The fourth-order valence-electron chi connectivity index (χ4n) is 4.87. The van der Waals surface area contributed by atoms with Gasteiger partial charge in [0, 0.05) is 42.8 Å². The molecule has 4 aromatic rings. The highest BCUT2D eigenvalue weighted by atomic mass is 32.1. The standard InChI is InChI=1S/C24H24N4O2S/c1-16-25-22-18-6-2-5-9-21(18)31-23(22)24(29)27(16)12-10-26-11-13-28-17(14-26)15-30-20-8-4-3-7-19(20)28/h2-9,17H,10-15H2,1H3. The zero-order chi connectivity index (χ0) is 20.9. The lowest BCUT2D eigenvalue weighted by Gasteiger charge is -2.45. The molecule has 1 fully saturated rings. The van der Waals surface area contributed by atoms with Gasteiger partial charge in [-0.1, -0.05) is 30.3 Å². The number of hydrogen-bond acceptors (Lipinski definition) is 6. The van der Waals surface area contributed by atoms with E-state index >= 15 is 0 Å². The van der Waals surface area contributed by atoms with Crippen LogP contribution in [-0.4, -0.2) is 53.3 Å². The first-order chi connectivity index (χ1) is 15.2. The predicted octanol–water partition coefficient (Wildman–Crippen LogP) is 3.50. The van der Waals surface area contributed by atoms with Crippen LogP contribution in [0.2, 0.25) is 0 Å². The largest absolute Gasteiger partial charge is 0.489 e. The highest BCUT2D eigenvalue weighted by Gasteiger charge is 2.32. The third-order valence-corrected chi connectivity index (χ3v) is 7.63. The van der Waals surface area contributed by atoms with E-state index in [0.29, 0.717) is 19.2 Å². The van der Waals surface area contributed by atoms with Crippen molar-refractivity contribution in [1.82, 2.24) is 14.5 Å². The zero-order valence-electron chi connectivity index (χ0n) is 17.5. The molecular formula is C24H24N4O2S. The van der Waals surface area contributed by atoms with Crippen LogP contribution in [0.3, 0.4) is 0 Å². The van der Waals surface area contributed by atoms with Crippen molar-refractivity contribution in [2.24, 2.45) is 0 Å². The molecular weight excluding hydrogens is 408 g/mol. The Morgan fingerprint density at radius 3 is 2.87 bits per heavy atom. The van der Waals surface area contributed by atoms with E-state index in [0.717, 1.165) is 58.1 Å². The van der Waals surface area contributed by atoms with Gasteiger partial charge in [0.1, 0.15) is 22.9 Å². The fraction of sp³-hybridized carbons (Fsp3) is 0.333. The molecule has 2 aromatic carbocycles. The Bertz CT molecular complexity index is 1340. The summed E-state index contributed by atoms with van der Waals surface area (Å²) in [4.78, 5) is 23.0. The van der Waals surface area contributed by atoms with Crippen molar-refractivity contribution >= 4 is 37.3 Å². The first-order valence-corrected chi connectivity index (χ1v) is 11.6. The van der Waals surface area contributed by atoms with Crippen LogP contribution in [0.4, 0.5) is 5.69 Å². The van der Waals surface area contributed by atoms with Gasteiger partial charge < -0.3 is 9.64 Å². The molecule has 0 bridgehead atoms. The third-order valence-electron chi connectivity index (χ3n) is 6.49. The first-order valence-electron chi connectivity index (χ1n) is 10.8. The van der Waals surface area contributed by atoms with Crippen molar-refractivity contribution in [2.75, 3.05) is 37.7 Å². The molecule has 0 saturated carbocycles. The maximum absolute atomic E-state index is 13.2. The van der Waals surface area contributed by atoms with Crippen molar-refractivity contribution in [2.45, 2.75) is 19.5 Å². The number of anilines is 1. The molecule has 0 N–H and O–H groups in total. The number of para-hydroxylation sites is 2. The van der Waals surface area contributed by atoms with E-state index in [1.807, 2.05) is 41.8 Å². The SMILES string of the molecule is Cc1nc2c(sc3ccccc32)c(=O)n1CCN1CCN2c3ccccc3OCC2C1. The molecule has 0 amide bonds. The summed E-state index contributed by atoms with van der Waals surface area (Å²) >= 11 is 1.55. The van der Waals surface area contributed by atoms with Gasteiger partial charge in [0.15, 0.2) is 0 Å². The number of ether oxygens (including phenoxy) is 1. The average molecular weight is 433 g/mol. The first kappa shape index (κ1) is 18.8. The number of fused-ring (bicyclic) bond motifs is 6. The van der Waals surface area contributed by atoms with E-state index < -0.39 is 0 Å². The summed E-state index contributed by atoms with van der Waals surface area (Å²) in [6.07, 6.45) is 0. The number of piperazine rings is 1. The number of benzene rings is 2. The topological polar surface area (TPSA) is 50.6 Å². The maximum atomic E-state index is 13.2. The van der Waals surface area contributed by atoms with Gasteiger partial charge in [-0.05, 0) is 25.1 Å². The molecule has 2 aromatic heterocycles. The molecule has 6 nitrogen and oxygen atoms in total. The quantitative estimate of drug-likeness (QED) is 0.496. The molecule has 31 heavy (non-hydrogen) atoms. The van der Waals surface area contributed by atoms with E-state index in [4.69, 9.17) is 9.72 Å². The highest BCUT2D eigenvalue weighted by Crippen LogP contribution is 2.35. The number of nitrogens with zero attached hydrogens (tertiary/aromatic N) is 4. The molecule has 7 heteroatoms. The number of hydrogen-bond donors (Lipinski definition) is 0. The Morgan fingerprint density at radius 2 is 1.94 bits per heavy atom. The lowest BCUT2D eigenvalue weighted by Crippen LogP contribution is -2.57. The summed E-state index contributed by atoms with van der Waals surface area (Å²) in [6, 6.07) is 16.8. The van der Waals surface area contributed by atoms with Crippen LogP contribution in [0.5, 0.6) is 5.75 Å². The Morgan fingerprint density at radius 1 is 1.10 bits per heavy atom. The van der Waals surface area contributed by atoms with Crippen molar-refractivity contribution in [3.8, 4) is 5.75 Å². The number of aryl methyl sites for hydroxylation is 1. The van der Waals surface area contributed by atoms with Gasteiger partial charge in [-0.25, -0.2) is 4.98 Å². The summed E-state index contributed by atoms with van der Waals surface area (Å²) in [7, 11) is 0. The van der Waals surface area contributed by atoms with Gasteiger partial charge in [0.05, 0.1) is 17.2 Å². The van der Waals surface area contributed by atoms with Crippen molar-refractivity contribution < 1.29 is 4.74 Å². The number of rotatable bonds is 3. The second-order valence-corrected chi connectivity index (χ2v) is 9.37. The molecule has 1 saturated heterocycles. The third kappa shape index (κ3) is 3.11. The fourth-order valence-corrected chi connectivity index (χ4v) is 5.96. The number of aromatic nitrogens is 2. The van der Waals surface area contributed by atoms with Crippen LogP contribution in [0.15, 0.2) is 53.3 Å². The van der Waals surface area contributed by atoms with Crippen LogP contribution >= 0.6 is 11.3 Å². The Hall–Kier alpha value is -2.90. The lowest BCUT2D eigenvalue weighted by molar-refractivity contribution is 0.163. The molecule has 1 atom stereocenters. The minimum atomic E-state index is 0.0808. The van der Waals surface area contributed by atoms with Gasteiger partial charge in [0.2, 0.25) is 0 Å². The Labute approximate surface area is 184 Å². The van der Waals surface area contributed by atoms with E-state index in [-0.39, 0.29) is 5.56 Å². The molecule has 2 aliphatic heterocycles. The summed E-state index contributed by atoms with van der Waals surface area (Å²) in [5.41, 5.74) is 2.12. The van der Waals surface area contributed by atoms with E-state index in [2.05, 4.69) is 28.0 Å². The Kier molecular flexibility index (Phi) is 4.47. The molecule has 0 aliphatic carbocycles. The van der Waals surface area contributed by atoms with Gasteiger partial charge in [-0.2, -0.15) is 0 Å². The van der Waals surface area contributed by atoms with Gasteiger partial charge in [-0.3, -0.25) is 14.3 Å². The van der Waals surface area contributed by atoms with Gasteiger partial charge >= 0.3 is 0 Å². The summed E-state index contributed by atoms with van der Waals surface area (Å²) in [6.45, 7) is 7.06. The lowest BCUT2D eigenvalue weighted by atomic mass is 10.1. The van der Waals surface area contributed by atoms with Crippen molar-refractivity contribution in [1.29, 1.82) is 0 Å². The van der Waals surface area contributed by atoms with Crippen LogP contribution in [-0.2, 0) is 6.54 Å². The highest BCUT2D eigenvalue weighted by molar-refractivity contribution is 7.25. The van der Waals surface area contributed by atoms with Crippen molar-refractivity contribution in [3.05, 3.63) is 64.7 Å². The van der Waals surface area contributed by atoms with Gasteiger partial charge in [0.25, 0.3) is 5.56 Å². The predicted molar refractivity (Wildman–Crippen MR) is 126 cm³/mol. The minimum Gasteiger partial charge on any atom is -0.489 e. The monoisotopic (exact) mass is 432 g/mol. The molecule has 0 spiro atoms. The molecule has 1 unspecified atom stereocenters. The van der Waals surface area contributed by atoms with E-state index in [1.165, 1.54) is 5.69 Å². The second kappa shape index (κ2) is 7.35. The number of thiophene rings is 1. The van der Waals surface area contributed by atoms with Crippen LogP contribution in [0.25, 0.3) is 20.3 Å². The second-order valence-electron chi connectivity index (χ2n) is 8.32. The van der Waals surface area contributed by atoms with E-state index in [9.17, 15) is 4.79 Å². The van der Waals surface area contributed by atoms with E-state index in [1.54, 1.807) is 11.3 Å². The molecule has 4 heterocycles. The molecule has 6 rings (SSSR count). The molecule has 0 radical (unpaired) electrons. The summed E-state index contributed by atoms with van der Waals surface area (Å²) < 4.78 is 9.71. The normalized spacial score (nSPS) is 18.7. The Balaban J connectivity index is 1.22. The van der Waals surface area contributed by atoms with Crippen LogP contribution in [0.1, 0.15) is 5.82 Å². The summed E-state index contributed by atoms with van der Waals surface area (Å²) in [5.74, 6) is 1.77. The summed E-state index contributed by atoms with van der Waals surface area (Å²) in [5, 5.41) is 1.07. The van der Waals surface area contributed by atoms with Crippen molar-refractivity contribution in [3.63, 3.8) is 0 Å². The molecule has 158 valence electrons. The van der Waals surface area contributed by atoms with Gasteiger partial charge in [-0.15, -0.1) is 11.3 Å².